The summed E-state index contributed by atoms with van der Waals surface area (Å²) in [5.74, 6) is -1.19. The molecule has 108 valence electrons. The van der Waals surface area contributed by atoms with Crippen LogP contribution in [0.25, 0.3) is 4.96 Å². The van der Waals surface area contributed by atoms with Gasteiger partial charge < -0.3 is 10.8 Å². The fourth-order valence-corrected chi connectivity index (χ4v) is 2.69. The van der Waals surface area contributed by atoms with Gasteiger partial charge in [0.05, 0.1) is 17.9 Å². The largest absolute Gasteiger partial charge is 0.476 e. The first kappa shape index (κ1) is 13.4. The van der Waals surface area contributed by atoms with Crippen LogP contribution in [0, 0.1) is 0 Å². The number of thiazole rings is 1. The second-order valence-electron chi connectivity index (χ2n) is 4.19. The van der Waals surface area contributed by atoms with Gasteiger partial charge in [-0.3, -0.25) is 9.20 Å². The van der Waals surface area contributed by atoms with Crippen molar-refractivity contribution in [3.05, 3.63) is 45.1 Å². The summed E-state index contributed by atoms with van der Waals surface area (Å²) in [6.45, 7) is 0.116. The molecule has 0 radical (unpaired) electrons. The smallest absolute Gasteiger partial charge is 0.358 e. The zero-order chi connectivity index (χ0) is 15.0. The lowest BCUT2D eigenvalue weighted by molar-refractivity contribution is 0.0689. The predicted octanol–water partition coefficient (Wildman–Crippen LogP) is -0.447. The van der Waals surface area contributed by atoms with E-state index in [0.717, 1.165) is 0 Å². The van der Waals surface area contributed by atoms with Crippen LogP contribution in [0.2, 0.25) is 0 Å². The summed E-state index contributed by atoms with van der Waals surface area (Å²) < 4.78 is 2.78. The lowest BCUT2D eigenvalue weighted by Crippen LogP contribution is -2.17. The highest BCUT2D eigenvalue weighted by Gasteiger charge is 2.18. The van der Waals surface area contributed by atoms with Gasteiger partial charge in [-0.05, 0) is 0 Å². The van der Waals surface area contributed by atoms with Crippen molar-refractivity contribution in [1.82, 2.24) is 24.4 Å². The minimum Gasteiger partial charge on any atom is -0.476 e. The van der Waals surface area contributed by atoms with Crippen molar-refractivity contribution >= 4 is 22.3 Å². The van der Waals surface area contributed by atoms with Crippen LogP contribution >= 0.6 is 11.3 Å². The number of hydrogen-bond acceptors (Lipinski definition) is 7. The number of nitrogens with two attached hydrogens (primary N) is 1. The molecule has 0 atom stereocenters. The lowest BCUT2D eigenvalue weighted by atomic mass is 10.3. The SMILES string of the molecule is NCc1c(C(=O)O)nnn1Cc1cc(=O)n2ccsc2n1. The molecule has 3 N–H and O–H groups in total. The number of aromatic nitrogens is 5. The fraction of sp³-hybridized carbons (Fsp3) is 0.182. The second-order valence-corrected chi connectivity index (χ2v) is 5.07. The summed E-state index contributed by atoms with van der Waals surface area (Å²) >= 11 is 1.33. The molecule has 0 bridgehead atoms. The first-order chi connectivity index (χ1) is 10.1. The summed E-state index contributed by atoms with van der Waals surface area (Å²) in [5.41, 5.74) is 5.91. The van der Waals surface area contributed by atoms with Gasteiger partial charge in [-0.25, -0.2) is 14.5 Å². The number of fused-ring (bicyclic) bond motifs is 1. The third kappa shape index (κ3) is 2.30. The molecule has 0 amide bonds. The van der Waals surface area contributed by atoms with Gasteiger partial charge >= 0.3 is 5.97 Å². The van der Waals surface area contributed by atoms with Crippen LogP contribution in [0.1, 0.15) is 21.9 Å². The molecule has 3 aromatic rings. The Bertz CT molecular complexity index is 880. The van der Waals surface area contributed by atoms with Gasteiger partial charge in [-0.2, -0.15) is 0 Å². The fourth-order valence-electron chi connectivity index (χ4n) is 1.95. The molecule has 0 aliphatic heterocycles. The van der Waals surface area contributed by atoms with E-state index in [0.29, 0.717) is 10.7 Å². The van der Waals surface area contributed by atoms with E-state index in [2.05, 4.69) is 15.3 Å². The standard InChI is InChI=1S/C11H10N6O3S/c12-4-7-9(10(19)20)14-15-17(7)5-6-3-8(18)16-1-2-21-11(16)13-6/h1-3H,4-5,12H2,(H,19,20). The molecule has 0 aliphatic carbocycles. The molecule has 9 nitrogen and oxygen atoms in total. The molecule has 0 fully saturated rings. The molecule has 3 aromatic heterocycles. The molecule has 0 saturated heterocycles. The molecule has 3 rings (SSSR count). The van der Waals surface area contributed by atoms with Gasteiger partial charge in [0.15, 0.2) is 10.7 Å². The Hall–Kier alpha value is -2.59. The number of hydrogen-bond donors (Lipinski definition) is 2. The van der Waals surface area contributed by atoms with E-state index in [1.165, 1.54) is 26.5 Å². The Kier molecular flexibility index (Phi) is 3.23. The maximum atomic E-state index is 11.9. The molecular formula is C11H10N6O3S. The van der Waals surface area contributed by atoms with Gasteiger partial charge in [0.2, 0.25) is 0 Å². The number of rotatable bonds is 4. The third-order valence-electron chi connectivity index (χ3n) is 2.90. The molecule has 0 aromatic carbocycles. The van der Waals surface area contributed by atoms with Crippen LogP contribution in [-0.2, 0) is 13.1 Å². The van der Waals surface area contributed by atoms with Gasteiger partial charge in [0, 0.05) is 24.2 Å². The second kappa shape index (κ2) is 5.07. The van der Waals surface area contributed by atoms with Crippen LogP contribution in [-0.4, -0.2) is 35.5 Å². The monoisotopic (exact) mass is 306 g/mol. The Morgan fingerprint density at radius 2 is 2.29 bits per heavy atom. The number of aromatic carboxylic acids is 1. The molecule has 0 saturated carbocycles. The van der Waals surface area contributed by atoms with Crippen molar-refractivity contribution in [3.63, 3.8) is 0 Å². The Balaban J connectivity index is 2.02. The van der Waals surface area contributed by atoms with E-state index in [-0.39, 0.29) is 30.0 Å². The predicted molar refractivity (Wildman–Crippen MR) is 73.3 cm³/mol. The van der Waals surface area contributed by atoms with Crippen LogP contribution < -0.4 is 11.3 Å². The van der Waals surface area contributed by atoms with Crippen LogP contribution in [0.5, 0.6) is 0 Å². The molecule has 3 heterocycles. The van der Waals surface area contributed by atoms with Crippen molar-refractivity contribution < 1.29 is 9.90 Å². The molecule has 0 spiro atoms. The number of carboxylic acids is 1. The maximum Gasteiger partial charge on any atom is 0.358 e. The molecule has 21 heavy (non-hydrogen) atoms. The quantitative estimate of drug-likeness (QED) is 0.668. The highest BCUT2D eigenvalue weighted by molar-refractivity contribution is 7.15. The van der Waals surface area contributed by atoms with E-state index in [4.69, 9.17) is 10.8 Å². The zero-order valence-corrected chi connectivity index (χ0v) is 11.4. The Morgan fingerprint density at radius 1 is 1.48 bits per heavy atom. The summed E-state index contributed by atoms with van der Waals surface area (Å²) in [6, 6.07) is 1.38. The molecule has 10 heteroatoms. The average Bonchev–Trinajstić information content (AvgIpc) is 3.05. The van der Waals surface area contributed by atoms with E-state index >= 15 is 0 Å². The minimum absolute atomic E-state index is 0.0190. The zero-order valence-electron chi connectivity index (χ0n) is 10.6. The van der Waals surface area contributed by atoms with Gasteiger partial charge in [0.1, 0.15) is 0 Å². The van der Waals surface area contributed by atoms with E-state index in [1.54, 1.807) is 11.6 Å². The van der Waals surface area contributed by atoms with Crippen LogP contribution in [0.15, 0.2) is 22.4 Å². The minimum atomic E-state index is -1.19. The first-order valence-electron chi connectivity index (χ1n) is 5.91. The van der Waals surface area contributed by atoms with E-state index in [1.807, 2.05) is 0 Å². The van der Waals surface area contributed by atoms with Crippen molar-refractivity contribution in [3.8, 4) is 0 Å². The first-order valence-corrected chi connectivity index (χ1v) is 6.79. The normalized spacial score (nSPS) is 11.1. The summed E-state index contributed by atoms with van der Waals surface area (Å²) in [7, 11) is 0. The molecule has 0 unspecified atom stereocenters. The number of nitrogens with zero attached hydrogens (tertiary/aromatic N) is 5. The van der Waals surface area contributed by atoms with E-state index in [9.17, 15) is 9.59 Å². The van der Waals surface area contributed by atoms with Crippen LogP contribution in [0.4, 0.5) is 0 Å². The van der Waals surface area contributed by atoms with Crippen molar-refractivity contribution in [2.45, 2.75) is 13.1 Å². The van der Waals surface area contributed by atoms with Crippen LogP contribution in [0.3, 0.4) is 0 Å². The Morgan fingerprint density at radius 3 is 3.00 bits per heavy atom. The number of carbonyl (C=O) groups is 1. The Labute approximate surface area is 121 Å². The maximum absolute atomic E-state index is 11.9. The third-order valence-corrected chi connectivity index (χ3v) is 3.66. The van der Waals surface area contributed by atoms with E-state index < -0.39 is 5.97 Å². The average molecular weight is 306 g/mol. The van der Waals surface area contributed by atoms with Gasteiger partial charge in [-0.1, -0.05) is 5.21 Å². The lowest BCUT2D eigenvalue weighted by Gasteiger charge is -2.04. The van der Waals surface area contributed by atoms with Crippen molar-refractivity contribution in [2.75, 3.05) is 0 Å². The molecule has 0 aliphatic rings. The highest BCUT2D eigenvalue weighted by atomic mass is 32.1. The number of carboxylic acid groups (broad SMARTS) is 1. The van der Waals surface area contributed by atoms with Crippen molar-refractivity contribution in [2.24, 2.45) is 5.73 Å². The summed E-state index contributed by atoms with van der Waals surface area (Å²) in [4.78, 5) is 27.8. The highest BCUT2D eigenvalue weighted by Crippen LogP contribution is 2.10. The van der Waals surface area contributed by atoms with Crippen molar-refractivity contribution in [1.29, 1.82) is 0 Å². The summed E-state index contributed by atoms with van der Waals surface area (Å²) in [6.07, 6.45) is 1.64. The molecular weight excluding hydrogens is 296 g/mol. The topological polar surface area (TPSA) is 128 Å². The van der Waals surface area contributed by atoms with Gasteiger partial charge in [0.25, 0.3) is 5.56 Å². The van der Waals surface area contributed by atoms with Gasteiger partial charge in [-0.15, -0.1) is 16.4 Å². The summed E-state index contributed by atoms with van der Waals surface area (Å²) in [5, 5.41) is 18.1.